The van der Waals surface area contributed by atoms with Crippen LogP contribution < -0.4 is 9.47 Å². The number of benzene rings is 1. The van der Waals surface area contributed by atoms with Crippen molar-refractivity contribution in [2.45, 2.75) is 70.0 Å². The predicted octanol–water partition coefficient (Wildman–Crippen LogP) is 3.36. The average Bonchev–Trinajstić information content (AvgIpc) is 3.16. The highest BCUT2D eigenvalue weighted by molar-refractivity contribution is 6.33. The summed E-state index contributed by atoms with van der Waals surface area (Å²) < 4.78 is 23.3. The molecule has 0 radical (unpaired) electrons. The monoisotopic (exact) mass is 425 g/mol. The van der Waals surface area contributed by atoms with Crippen LogP contribution in [0.5, 0.6) is 11.5 Å². The van der Waals surface area contributed by atoms with Crippen LogP contribution in [0.4, 0.5) is 0 Å². The molecule has 1 aromatic carbocycles. The molecule has 3 aliphatic rings. The number of methoxy groups -OCH3 is 1. The Hall–Kier alpha value is -1.05. The summed E-state index contributed by atoms with van der Waals surface area (Å²) in [5.74, 6) is 1.26. The molecule has 0 aliphatic carbocycles. The van der Waals surface area contributed by atoms with Crippen LogP contribution in [0, 0.1) is 0 Å². The van der Waals surface area contributed by atoms with Crippen LogP contribution in [0.1, 0.15) is 50.8 Å². The fourth-order valence-corrected chi connectivity index (χ4v) is 5.00. The highest BCUT2D eigenvalue weighted by Gasteiger charge is 2.41. The lowest BCUT2D eigenvalue weighted by atomic mass is 9.84. The zero-order valence-corrected chi connectivity index (χ0v) is 18.5. The number of aliphatic hydroxyl groups is 1. The van der Waals surface area contributed by atoms with Crippen LogP contribution in [0.25, 0.3) is 0 Å². The maximum Gasteiger partial charge on any atom is 0.180 e. The first-order valence-electron chi connectivity index (χ1n) is 10.5. The Balaban J connectivity index is 1.61. The molecule has 0 amide bonds. The van der Waals surface area contributed by atoms with Gasteiger partial charge in [0, 0.05) is 25.6 Å². The fourth-order valence-electron chi connectivity index (χ4n) is 4.66. The van der Waals surface area contributed by atoms with Gasteiger partial charge in [-0.15, -0.1) is 0 Å². The number of nitrogens with zero attached hydrogens (tertiary/aromatic N) is 1. The van der Waals surface area contributed by atoms with Gasteiger partial charge in [0.1, 0.15) is 6.10 Å². The molecule has 4 rings (SSSR count). The molecule has 0 spiro atoms. The molecule has 29 heavy (non-hydrogen) atoms. The van der Waals surface area contributed by atoms with Gasteiger partial charge in [0.15, 0.2) is 11.5 Å². The van der Waals surface area contributed by atoms with E-state index in [2.05, 4.69) is 4.90 Å². The smallest absolute Gasteiger partial charge is 0.180 e. The molecular weight excluding hydrogens is 394 g/mol. The molecule has 0 bridgehead atoms. The van der Waals surface area contributed by atoms with Gasteiger partial charge in [0.2, 0.25) is 0 Å². The summed E-state index contributed by atoms with van der Waals surface area (Å²) in [6.45, 7) is 8.96. The van der Waals surface area contributed by atoms with E-state index in [4.69, 9.17) is 30.5 Å². The van der Waals surface area contributed by atoms with Crippen molar-refractivity contribution < 1.29 is 24.1 Å². The zero-order chi connectivity index (χ0) is 20.8. The minimum Gasteiger partial charge on any atom is -0.493 e. The van der Waals surface area contributed by atoms with E-state index in [-0.39, 0.29) is 23.9 Å². The standard InChI is InChI=1S/C22H32ClNO5/c1-22(2,3)29-19-11-24-7-5-14-15(16(24)10-17(19)25)9-18(26-4)21(20(14)23)28-13-6-8-27-12-13/h9,13,16-17,19,25H,5-8,10-12H2,1-4H3/t13-,16+,17+,19+/m0/s1. The molecule has 6 nitrogen and oxygen atoms in total. The van der Waals surface area contributed by atoms with Gasteiger partial charge in [0.05, 0.1) is 43.2 Å². The lowest BCUT2D eigenvalue weighted by Crippen LogP contribution is -2.53. The van der Waals surface area contributed by atoms with Crippen molar-refractivity contribution >= 4 is 11.6 Å². The second kappa shape index (κ2) is 8.23. The number of fused-ring (bicyclic) bond motifs is 3. The molecule has 1 N–H and O–H groups in total. The Bertz CT molecular complexity index is 744. The van der Waals surface area contributed by atoms with E-state index in [1.165, 1.54) is 0 Å². The highest BCUT2D eigenvalue weighted by Crippen LogP contribution is 2.47. The number of rotatable bonds is 4. The van der Waals surface area contributed by atoms with E-state index < -0.39 is 6.10 Å². The van der Waals surface area contributed by atoms with Crippen molar-refractivity contribution in [2.75, 3.05) is 33.4 Å². The van der Waals surface area contributed by atoms with Crippen molar-refractivity contribution in [1.29, 1.82) is 0 Å². The van der Waals surface area contributed by atoms with E-state index in [1.807, 2.05) is 26.8 Å². The molecule has 3 heterocycles. The number of halogens is 1. The summed E-state index contributed by atoms with van der Waals surface area (Å²) in [6, 6.07) is 2.14. The third kappa shape index (κ3) is 4.37. The predicted molar refractivity (Wildman–Crippen MR) is 111 cm³/mol. The second-order valence-corrected chi connectivity index (χ2v) is 9.60. The largest absolute Gasteiger partial charge is 0.493 e. The maximum absolute atomic E-state index is 10.8. The van der Waals surface area contributed by atoms with Gasteiger partial charge in [-0.1, -0.05) is 11.6 Å². The molecule has 0 saturated carbocycles. The van der Waals surface area contributed by atoms with Gasteiger partial charge in [-0.25, -0.2) is 0 Å². The summed E-state index contributed by atoms with van der Waals surface area (Å²) in [7, 11) is 1.64. The summed E-state index contributed by atoms with van der Waals surface area (Å²) >= 11 is 6.82. The molecule has 2 saturated heterocycles. The second-order valence-electron chi connectivity index (χ2n) is 9.23. The molecule has 7 heteroatoms. The molecule has 4 atom stereocenters. The van der Waals surface area contributed by atoms with Crippen LogP contribution in [0.15, 0.2) is 6.07 Å². The molecule has 1 aromatic rings. The van der Waals surface area contributed by atoms with E-state index in [1.54, 1.807) is 7.11 Å². The third-order valence-corrected chi connectivity index (χ3v) is 6.38. The van der Waals surface area contributed by atoms with Crippen LogP contribution in [-0.2, 0) is 15.9 Å². The number of ether oxygens (including phenoxy) is 4. The van der Waals surface area contributed by atoms with Crippen molar-refractivity contribution in [3.05, 3.63) is 22.2 Å². The van der Waals surface area contributed by atoms with Gasteiger partial charge < -0.3 is 24.1 Å². The Morgan fingerprint density at radius 1 is 1.31 bits per heavy atom. The van der Waals surface area contributed by atoms with Gasteiger partial charge in [-0.2, -0.15) is 0 Å². The molecule has 0 aromatic heterocycles. The van der Waals surface area contributed by atoms with Gasteiger partial charge in [-0.3, -0.25) is 4.90 Å². The van der Waals surface area contributed by atoms with Gasteiger partial charge in [0.25, 0.3) is 0 Å². The van der Waals surface area contributed by atoms with Gasteiger partial charge in [-0.05, 0) is 50.8 Å². The van der Waals surface area contributed by atoms with Crippen LogP contribution in [0.2, 0.25) is 5.02 Å². The van der Waals surface area contributed by atoms with E-state index in [0.717, 1.165) is 30.5 Å². The summed E-state index contributed by atoms with van der Waals surface area (Å²) in [6.07, 6.45) is 1.61. The summed E-state index contributed by atoms with van der Waals surface area (Å²) in [5.41, 5.74) is 1.95. The normalized spacial score (nSPS) is 30.0. The van der Waals surface area contributed by atoms with Crippen molar-refractivity contribution in [3.8, 4) is 11.5 Å². The Morgan fingerprint density at radius 3 is 2.76 bits per heavy atom. The molecule has 0 unspecified atom stereocenters. The summed E-state index contributed by atoms with van der Waals surface area (Å²) in [5, 5.41) is 11.4. The Kier molecular flexibility index (Phi) is 6.02. The van der Waals surface area contributed by atoms with Crippen molar-refractivity contribution in [2.24, 2.45) is 0 Å². The number of piperidine rings is 1. The first-order chi connectivity index (χ1) is 13.8. The first kappa shape index (κ1) is 21.2. The minimum atomic E-state index is -0.516. The van der Waals surface area contributed by atoms with E-state index >= 15 is 0 Å². The highest BCUT2D eigenvalue weighted by atomic mass is 35.5. The fraction of sp³-hybridized carbons (Fsp3) is 0.727. The van der Waals surface area contributed by atoms with Crippen LogP contribution in [0.3, 0.4) is 0 Å². The van der Waals surface area contributed by atoms with Crippen LogP contribution >= 0.6 is 11.6 Å². The first-order valence-corrected chi connectivity index (χ1v) is 10.9. The molecule has 2 fully saturated rings. The summed E-state index contributed by atoms with van der Waals surface area (Å²) in [4.78, 5) is 2.40. The minimum absolute atomic E-state index is 0.00588. The zero-order valence-electron chi connectivity index (χ0n) is 17.7. The number of hydrogen-bond donors (Lipinski definition) is 1. The van der Waals surface area contributed by atoms with Gasteiger partial charge >= 0.3 is 0 Å². The quantitative estimate of drug-likeness (QED) is 0.798. The molecular formula is C22H32ClNO5. The van der Waals surface area contributed by atoms with E-state index in [9.17, 15) is 5.11 Å². The average molecular weight is 426 g/mol. The van der Waals surface area contributed by atoms with Crippen LogP contribution in [-0.4, -0.2) is 67.3 Å². The molecule has 162 valence electrons. The Morgan fingerprint density at radius 2 is 2.10 bits per heavy atom. The number of hydrogen-bond acceptors (Lipinski definition) is 6. The molecule has 3 aliphatic heterocycles. The topological polar surface area (TPSA) is 60.4 Å². The Labute approximate surface area is 178 Å². The SMILES string of the molecule is COc1cc2c(c(Cl)c1O[C@H]1CCOC1)CCN1C[C@@H](OC(C)(C)C)[C@H](O)C[C@H]21. The number of aliphatic hydroxyl groups excluding tert-OH is 1. The van der Waals surface area contributed by atoms with E-state index in [0.29, 0.717) is 42.7 Å². The lowest BCUT2D eigenvalue weighted by molar-refractivity contribution is -0.149. The maximum atomic E-state index is 10.8. The third-order valence-electron chi connectivity index (χ3n) is 5.98. The lowest BCUT2D eigenvalue weighted by Gasteiger charge is -2.47. The van der Waals surface area contributed by atoms with Crippen molar-refractivity contribution in [1.82, 2.24) is 4.90 Å². The van der Waals surface area contributed by atoms with Crippen molar-refractivity contribution in [3.63, 3.8) is 0 Å².